The summed E-state index contributed by atoms with van der Waals surface area (Å²) in [5.74, 6) is -0.766. The molecule has 4 rings (SSSR count). The summed E-state index contributed by atoms with van der Waals surface area (Å²) in [6, 6.07) is 14.4. The number of methoxy groups -OCH3 is 1. The Kier molecular flexibility index (Phi) is 5.12. The Morgan fingerprint density at radius 2 is 1.74 bits per heavy atom. The molecule has 31 heavy (non-hydrogen) atoms. The fourth-order valence-electron chi connectivity index (χ4n) is 3.40. The van der Waals surface area contributed by atoms with Crippen LogP contribution in [0.1, 0.15) is 22.8 Å². The standard InChI is InChI=1S/C23H20N4O4/c1-14-6-4-5-7-20(14)27-22(29)18-12-26(13-19(21(18)25-27)23(30)31-3)17-10-8-16(9-11-17)24-15(2)28/h4-13H,1-3H3,(H,24,28). The molecule has 2 aliphatic rings. The summed E-state index contributed by atoms with van der Waals surface area (Å²) in [5.41, 5.74) is 3.27. The number of aryl methyl sites for hydroxylation is 1. The Bertz CT molecular complexity index is 1320. The van der Waals surface area contributed by atoms with Crippen molar-refractivity contribution in [3.05, 3.63) is 82.4 Å². The number of para-hydroxylation sites is 1. The number of esters is 1. The maximum absolute atomic E-state index is 13.2. The molecule has 0 bridgehead atoms. The maximum Gasteiger partial charge on any atom is 0.341 e. The molecular formula is C23H20N4O4. The first-order valence-electron chi connectivity index (χ1n) is 9.56. The van der Waals surface area contributed by atoms with E-state index in [1.165, 1.54) is 18.7 Å². The van der Waals surface area contributed by atoms with Gasteiger partial charge in [-0.1, -0.05) is 18.2 Å². The Morgan fingerprint density at radius 1 is 1.03 bits per heavy atom. The first-order chi connectivity index (χ1) is 14.9. The number of hydrogen-bond donors (Lipinski definition) is 1. The van der Waals surface area contributed by atoms with E-state index in [1.807, 2.05) is 25.1 Å². The van der Waals surface area contributed by atoms with Crippen molar-refractivity contribution in [3.63, 3.8) is 0 Å². The van der Waals surface area contributed by atoms with E-state index in [2.05, 4.69) is 10.4 Å². The van der Waals surface area contributed by atoms with Crippen molar-refractivity contribution in [2.24, 2.45) is 0 Å². The van der Waals surface area contributed by atoms with Gasteiger partial charge in [0.05, 0.1) is 18.4 Å². The normalized spacial score (nSPS) is 10.8. The van der Waals surface area contributed by atoms with Gasteiger partial charge >= 0.3 is 5.97 Å². The van der Waals surface area contributed by atoms with Gasteiger partial charge in [0.25, 0.3) is 5.56 Å². The number of benzene rings is 2. The average molecular weight is 416 g/mol. The zero-order valence-electron chi connectivity index (χ0n) is 17.2. The largest absolute Gasteiger partial charge is 0.465 e. The zero-order chi connectivity index (χ0) is 22.1. The van der Waals surface area contributed by atoms with Crippen molar-refractivity contribution < 1.29 is 14.3 Å². The Labute approximate surface area is 178 Å². The van der Waals surface area contributed by atoms with Crippen LogP contribution in [0, 0.1) is 6.92 Å². The molecular weight excluding hydrogens is 396 g/mol. The molecule has 156 valence electrons. The molecule has 2 aromatic carbocycles. The van der Waals surface area contributed by atoms with Crippen LogP contribution in [0.15, 0.2) is 65.7 Å². The van der Waals surface area contributed by atoms with Gasteiger partial charge < -0.3 is 14.6 Å². The van der Waals surface area contributed by atoms with E-state index in [9.17, 15) is 14.4 Å². The molecule has 0 radical (unpaired) electrons. The Morgan fingerprint density at radius 3 is 2.39 bits per heavy atom. The quantitative estimate of drug-likeness (QED) is 0.516. The van der Waals surface area contributed by atoms with Crippen LogP contribution < -0.4 is 10.9 Å². The highest BCUT2D eigenvalue weighted by Crippen LogP contribution is 2.26. The van der Waals surface area contributed by atoms with Crippen LogP contribution >= 0.6 is 0 Å². The number of nitrogens with zero attached hydrogens (tertiary/aromatic N) is 3. The van der Waals surface area contributed by atoms with E-state index in [0.29, 0.717) is 17.1 Å². The van der Waals surface area contributed by atoms with Gasteiger partial charge in [-0.25, -0.2) is 4.79 Å². The number of fused-ring (bicyclic) bond motifs is 1. The van der Waals surface area contributed by atoms with Gasteiger partial charge in [-0.05, 0) is 42.8 Å². The molecule has 2 aromatic rings. The lowest BCUT2D eigenvalue weighted by molar-refractivity contribution is -0.114. The Hall–Kier alpha value is -4.20. The van der Waals surface area contributed by atoms with Crippen molar-refractivity contribution in [3.8, 4) is 22.6 Å². The van der Waals surface area contributed by atoms with Crippen LogP contribution in [0.4, 0.5) is 5.69 Å². The van der Waals surface area contributed by atoms with Crippen LogP contribution in [0.25, 0.3) is 22.6 Å². The van der Waals surface area contributed by atoms with E-state index in [0.717, 1.165) is 5.56 Å². The van der Waals surface area contributed by atoms with Crippen LogP contribution in [0.2, 0.25) is 0 Å². The van der Waals surface area contributed by atoms with Crippen molar-refractivity contribution in [1.29, 1.82) is 0 Å². The van der Waals surface area contributed by atoms with Crippen LogP contribution in [0.3, 0.4) is 0 Å². The fraction of sp³-hybridized carbons (Fsp3) is 0.130. The molecule has 0 saturated carbocycles. The van der Waals surface area contributed by atoms with E-state index in [-0.39, 0.29) is 28.3 Å². The summed E-state index contributed by atoms with van der Waals surface area (Å²) in [4.78, 5) is 36.9. The second kappa shape index (κ2) is 7.91. The zero-order valence-corrected chi connectivity index (χ0v) is 17.2. The lowest BCUT2D eigenvalue weighted by Crippen LogP contribution is -2.16. The number of aromatic nitrogens is 3. The number of pyridine rings is 1. The third-order valence-electron chi connectivity index (χ3n) is 4.90. The van der Waals surface area contributed by atoms with Crippen molar-refractivity contribution in [2.75, 3.05) is 12.4 Å². The summed E-state index contributed by atoms with van der Waals surface area (Å²) in [7, 11) is 1.28. The lowest BCUT2D eigenvalue weighted by Gasteiger charge is -2.12. The number of ether oxygens (including phenoxy) is 1. The Balaban J connectivity index is 1.91. The summed E-state index contributed by atoms with van der Waals surface area (Å²) in [5, 5.41) is 7.14. The fourth-order valence-corrected chi connectivity index (χ4v) is 3.40. The van der Waals surface area contributed by atoms with Gasteiger partial charge in [-0.3, -0.25) is 9.59 Å². The average Bonchev–Trinajstić information content (AvgIpc) is 3.09. The molecule has 1 amide bonds. The molecule has 0 spiro atoms. The molecule has 8 nitrogen and oxygen atoms in total. The second-order valence-electron chi connectivity index (χ2n) is 7.06. The first kappa shape index (κ1) is 20.1. The predicted octanol–water partition coefficient (Wildman–Crippen LogP) is 3.18. The summed E-state index contributed by atoms with van der Waals surface area (Å²) >= 11 is 0. The molecule has 0 unspecified atom stereocenters. The number of carbonyl (C=O) groups excluding carboxylic acids is 2. The molecule has 2 aliphatic heterocycles. The number of amides is 1. The molecule has 1 N–H and O–H groups in total. The topological polar surface area (TPSA) is 95.2 Å². The van der Waals surface area contributed by atoms with Gasteiger partial charge in [0.2, 0.25) is 5.91 Å². The van der Waals surface area contributed by atoms with Gasteiger partial charge in [0.15, 0.2) is 0 Å². The minimum absolute atomic E-state index is 0.172. The van der Waals surface area contributed by atoms with Crippen LogP contribution in [-0.4, -0.2) is 33.3 Å². The molecule has 0 fully saturated rings. The third kappa shape index (κ3) is 3.71. The van der Waals surface area contributed by atoms with Gasteiger partial charge in [0.1, 0.15) is 11.3 Å². The smallest absolute Gasteiger partial charge is 0.341 e. The van der Waals surface area contributed by atoms with E-state index < -0.39 is 5.97 Å². The van der Waals surface area contributed by atoms with Crippen molar-refractivity contribution in [2.45, 2.75) is 13.8 Å². The third-order valence-corrected chi connectivity index (χ3v) is 4.90. The highest BCUT2D eigenvalue weighted by molar-refractivity contribution is 5.96. The van der Waals surface area contributed by atoms with E-state index in [4.69, 9.17) is 4.74 Å². The van der Waals surface area contributed by atoms with Crippen LogP contribution in [-0.2, 0) is 9.53 Å². The minimum Gasteiger partial charge on any atom is -0.465 e. The number of hydrogen-bond acceptors (Lipinski definition) is 5. The SMILES string of the molecule is COC(=O)c1cn(-c2ccc(NC(C)=O)cc2)cc2c(=O)n(-c3ccccc3C)nc1-2. The molecule has 0 aromatic heterocycles. The first-order valence-corrected chi connectivity index (χ1v) is 9.56. The summed E-state index contributed by atoms with van der Waals surface area (Å²) in [6.45, 7) is 3.32. The summed E-state index contributed by atoms with van der Waals surface area (Å²) in [6.07, 6.45) is 3.22. The predicted molar refractivity (Wildman–Crippen MR) is 116 cm³/mol. The molecule has 0 aliphatic carbocycles. The van der Waals surface area contributed by atoms with Crippen molar-refractivity contribution in [1.82, 2.24) is 14.3 Å². The van der Waals surface area contributed by atoms with Crippen molar-refractivity contribution >= 4 is 17.6 Å². The van der Waals surface area contributed by atoms with Gasteiger partial charge in [0, 0.05) is 30.7 Å². The lowest BCUT2D eigenvalue weighted by atomic mass is 10.1. The number of nitrogens with one attached hydrogen (secondary N) is 1. The monoisotopic (exact) mass is 416 g/mol. The van der Waals surface area contributed by atoms with Gasteiger partial charge in [-0.2, -0.15) is 9.78 Å². The highest BCUT2D eigenvalue weighted by atomic mass is 16.5. The molecule has 0 atom stereocenters. The van der Waals surface area contributed by atoms with E-state index >= 15 is 0 Å². The van der Waals surface area contributed by atoms with Gasteiger partial charge in [-0.15, -0.1) is 0 Å². The number of anilines is 1. The van der Waals surface area contributed by atoms with Crippen LogP contribution in [0.5, 0.6) is 0 Å². The minimum atomic E-state index is -0.594. The molecule has 2 heterocycles. The molecule has 0 saturated heterocycles. The number of carbonyl (C=O) groups is 2. The van der Waals surface area contributed by atoms with E-state index in [1.54, 1.807) is 47.3 Å². The number of rotatable bonds is 4. The highest BCUT2D eigenvalue weighted by Gasteiger charge is 2.25. The second-order valence-corrected chi connectivity index (χ2v) is 7.06. The maximum atomic E-state index is 13.2. The molecule has 8 heteroatoms. The summed E-state index contributed by atoms with van der Waals surface area (Å²) < 4.78 is 7.89.